The van der Waals surface area contributed by atoms with Crippen LogP contribution in [0.15, 0.2) is 54.6 Å². The molecular formula is C39H47N3O14. The lowest BCUT2D eigenvalue weighted by atomic mass is 9.62. The van der Waals surface area contributed by atoms with Gasteiger partial charge in [-0.25, -0.2) is 0 Å². The van der Waals surface area contributed by atoms with E-state index in [1.54, 1.807) is 12.2 Å². The molecule has 1 spiro atoms. The monoisotopic (exact) mass is 781 g/mol. The molecule has 17 nitrogen and oxygen atoms in total. The Morgan fingerprint density at radius 3 is 2.46 bits per heavy atom. The first-order valence-electron chi connectivity index (χ1n) is 19.0. The Labute approximate surface area is 322 Å². The van der Waals surface area contributed by atoms with Gasteiger partial charge in [-0.2, -0.15) is 5.06 Å². The molecule has 2 aromatic carbocycles. The van der Waals surface area contributed by atoms with Crippen LogP contribution in [0.3, 0.4) is 0 Å². The highest BCUT2D eigenvalue weighted by Gasteiger charge is 2.76. The van der Waals surface area contributed by atoms with Crippen molar-refractivity contribution in [2.45, 2.75) is 99.2 Å². The van der Waals surface area contributed by atoms with Gasteiger partial charge in [-0.3, -0.25) is 19.2 Å². The minimum absolute atomic E-state index is 0.00379. The van der Waals surface area contributed by atoms with E-state index in [2.05, 4.69) is 10.6 Å². The first kappa shape index (κ1) is 39.0. The Kier molecular flexibility index (Phi) is 11.0. The average molecular weight is 782 g/mol. The third-order valence-electron chi connectivity index (χ3n) is 11.6. The summed E-state index contributed by atoms with van der Waals surface area (Å²) in [5, 5.41) is 55.7. The highest BCUT2D eigenvalue weighted by atomic mass is 16.8. The van der Waals surface area contributed by atoms with Crippen LogP contribution in [0.25, 0.3) is 6.08 Å². The average Bonchev–Trinajstić information content (AvgIpc) is 3.87. The molecule has 302 valence electrons. The van der Waals surface area contributed by atoms with Crippen molar-refractivity contribution in [2.75, 3.05) is 32.9 Å². The Morgan fingerprint density at radius 1 is 0.946 bits per heavy atom. The van der Waals surface area contributed by atoms with Crippen LogP contribution in [0.2, 0.25) is 0 Å². The molecule has 0 radical (unpaired) electrons. The summed E-state index contributed by atoms with van der Waals surface area (Å²) in [7, 11) is 0. The molecule has 0 unspecified atom stereocenters. The van der Waals surface area contributed by atoms with Crippen molar-refractivity contribution in [3.8, 4) is 0 Å². The third-order valence-corrected chi connectivity index (χ3v) is 11.6. The van der Waals surface area contributed by atoms with Gasteiger partial charge in [0.15, 0.2) is 18.1 Å². The number of carbonyl (C=O) groups is 3. The van der Waals surface area contributed by atoms with Crippen molar-refractivity contribution < 1.29 is 68.4 Å². The highest BCUT2D eigenvalue weighted by molar-refractivity contribution is 5.94. The van der Waals surface area contributed by atoms with Crippen LogP contribution in [0.5, 0.6) is 0 Å². The predicted octanol–water partition coefficient (Wildman–Crippen LogP) is -1.79. The molecule has 4 heterocycles. The molecule has 2 bridgehead atoms. The number of ether oxygens (including phenoxy) is 5. The number of esters is 1. The summed E-state index contributed by atoms with van der Waals surface area (Å²) in [5.74, 6) is -2.43. The molecule has 4 aliphatic heterocycles. The molecule has 56 heavy (non-hydrogen) atoms. The lowest BCUT2D eigenvalue weighted by Gasteiger charge is -2.48. The summed E-state index contributed by atoms with van der Waals surface area (Å²) in [6, 6.07) is 14.2. The first-order chi connectivity index (χ1) is 27.1. The van der Waals surface area contributed by atoms with Gasteiger partial charge in [0.05, 0.1) is 26.4 Å². The fraction of sp³-hybridized carbons (Fsp3) is 0.564. The quantitative estimate of drug-likeness (QED) is 0.111. The molecule has 2 aromatic rings. The van der Waals surface area contributed by atoms with Crippen LogP contribution in [0, 0.1) is 5.41 Å². The molecule has 2 aliphatic carbocycles. The van der Waals surface area contributed by atoms with E-state index < -0.39 is 90.8 Å². The van der Waals surface area contributed by atoms with Crippen LogP contribution >= 0.6 is 0 Å². The molecule has 8 rings (SSSR count). The van der Waals surface area contributed by atoms with Crippen LogP contribution in [0.4, 0.5) is 0 Å². The number of rotatable bonds is 13. The van der Waals surface area contributed by atoms with Crippen LogP contribution in [-0.2, 0) is 62.3 Å². The Bertz CT molecular complexity index is 1800. The number of nitrogens with zero attached hydrogens (tertiary/aromatic N) is 1. The summed E-state index contributed by atoms with van der Waals surface area (Å²) >= 11 is 0. The SMILES string of the molecule is O=C(CCNC(=O)[C@@]12C[C@H]3OC(=O)[C@@H]1N(Cc1cccc(C=CCO[C@H]4O[C@H](CO)[C@H](O)[C@H](O)[C@H]4O)c1)O[C@@H]2[C@H]1OC2(Cc4ccccc4C2)O[C@H]13)NCCO. The van der Waals surface area contributed by atoms with E-state index in [1.807, 2.05) is 48.5 Å². The minimum Gasteiger partial charge on any atom is -0.458 e. The smallest absolute Gasteiger partial charge is 0.327 e. The summed E-state index contributed by atoms with van der Waals surface area (Å²) in [6.45, 7) is -0.625. The predicted molar refractivity (Wildman–Crippen MR) is 190 cm³/mol. The van der Waals surface area contributed by atoms with E-state index in [1.165, 1.54) is 5.06 Å². The van der Waals surface area contributed by atoms with Crippen LogP contribution in [-0.4, -0.2) is 148 Å². The molecule has 6 aliphatic rings. The van der Waals surface area contributed by atoms with Gasteiger partial charge >= 0.3 is 5.97 Å². The third kappa shape index (κ3) is 7.04. The van der Waals surface area contributed by atoms with Gasteiger partial charge < -0.3 is 59.9 Å². The Hall–Kier alpha value is -3.85. The number of aliphatic hydroxyl groups excluding tert-OH is 5. The highest BCUT2D eigenvalue weighted by Crippen LogP contribution is 2.58. The maximum atomic E-state index is 14.4. The number of nitrogens with one attached hydrogen (secondary N) is 2. The summed E-state index contributed by atoms with van der Waals surface area (Å²) in [6.07, 6.45) is -5.54. The number of aliphatic hydroxyl groups is 5. The van der Waals surface area contributed by atoms with Crippen molar-refractivity contribution in [3.63, 3.8) is 0 Å². The zero-order chi connectivity index (χ0) is 39.2. The molecular weight excluding hydrogens is 734 g/mol. The lowest BCUT2D eigenvalue weighted by molar-refractivity contribution is -0.298. The molecule has 4 saturated heterocycles. The summed E-state index contributed by atoms with van der Waals surface area (Å²) in [5.41, 5.74) is 2.26. The first-order valence-corrected chi connectivity index (χ1v) is 19.0. The lowest BCUT2D eigenvalue weighted by Crippen LogP contribution is -2.69. The van der Waals surface area contributed by atoms with Gasteiger partial charge in [-0.1, -0.05) is 60.7 Å². The molecule has 17 heteroatoms. The fourth-order valence-corrected chi connectivity index (χ4v) is 9.01. The number of benzene rings is 2. The largest absolute Gasteiger partial charge is 0.458 e. The van der Waals surface area contributed by atoms with Gasteiger partial charge in [-0.05, 0) is 22.3 Å². The number of fused-ring (bicyclic) bond motifs is 5. The molecule has 1 saturated carbocycles. The molecule has 11 atom stereocenters. The van der Waals surface area contributed by atoms with Crippen molar-refractivity contribution in [2.24, 2.45) is 5.41 Å². The van der Waals surface area contributed by atoms with Crippen molar-refractivity contribution in [1.82, 2.24) is 15.7 Å². The number of hydrogen-bond acceptors (Lipinski definition) is 15. The van der Waals surface area contributed by atoms with E-state index in [4.69, 9.17) is 33.6 Å². The van der Waals surface area contributed by atoms with E-state index in [-0.39, 0.29) is 51.6 Å². The second-order valence-electron chi connectivity index (χ2n) is 15.2. The van der Waals surface area contributed by atoms with Gasteiger partial charge in [0.2, 0.25) is 11.8 Å². The maximum absolute atomic E-state index is 14.4. The zero-order valence-corrected chi connectivity index (χ0v) is 30.5. The molecule has 5 fully saturated rings. The molecule has 2 amide bonds. The fourth-order valence-electron chi connectivity index (χ4n) is 9.01. The summed E-state index contributed by atoms with van der Waals surface area (Å²) in [4.78, 5) is 47.4. The van der Waals surface area contributed by atoms with Crippen LogP contribution < -0.4 is 10.6 Å². The standard InChI is InChI=1S/C39H47N3O14/c43-13-12-40-27(45)10-11-41-37(50)39-18-25-31-32(55-38(54-31)16-23-8-1-2-9-24(23)17-38)34(39)56-42(33(39)35(49)52-25)19-22-6-3-5-21(15-22)7-4-14-51-36-30(48)29(47)28(46)26(20-44)53-36/h1-9,15,25-26,28-34,36,43-44,46-48H,10-14,16-20H2,(H,40,45)(H,41,50)/t25-,26-,28+,29+,30-,31+,32+,33+,34-,36+,39+/m1/s1. The number of hydrogen-bond donors (Lipinski definition) is 7. The van der Waals surface area contributed by atoms with Crippen molar-refractivity contribution >= 4 is 23.9 Å². The van der Waals surface area contributed by atoms with E-state index in [0.29, 0.717) is 12.8 Å². The molecule has 7 N–H and O–H groups in total. The second kappa shape index (κ2) is 15.8. The van der Waals surface area contributed by atoms with E-state index >= 15 is 0 Å². The maximum Gasteiger partial charge on any atom is 0.327 e. The number of amides is 2. The van der Waals surface area contributed by atoms with Crippen LogP contribution in [0.1, 0.15) is 35.1 Å². The molecule has 0 aromatic heterocycles. The minimum atomic E-state index is -1.55. The zero-order valence-electron chi connectivity index (χ0n) is 30.5. The van der Waals surface area contributed by atoms with Gasteiger partial charge in [0, 0.05) is 38.8 Å². The number of carbonyl (C=O) groups excluding carboxylic acids is 3. The summed E-state index contributed by atoms with van der Waals surface area (Å²) < 4.78 is 30.5. The second-order valence-corrected chi connectivity index (χ2v) is 15.2. The topological polar surface area (TPSA) is 235 Å². The van der Waals surface area contributed by atoms with E-state index in [9.17, 15) is 34.8 Å². The normalized spacial score (nSPS) is 35.3. The Balaban J connectivity index is 1.00. The Morgan fingerprint density at radius 2 is 1.71 bits per heavy atom. The van der Waals surface area contributed by atoms with Gasteiger partial charge in [0.25, 0.3) is 0 Å². The van der Waals surface area contributed by atoms with Gasteiger partial charge in [-0.15, -0.1) is 0 Å². The van der Waals surface area contributed by atoms with Crippen molar-refractivity contribution in [3.05, 3.63) is 76.9 Å². The van der Waals surface area contributed by atoms with Crippen molar-refractivity contribution in [1.29, 1.82) is 0 Å². The van der Waals surface area contributed by atoms with Gasteiger partial charge in [0.1, 0.15) is 54.2 Å². The van der Waals surface area contributed by atoms with E-state index in [0.717, 1.165) is 22.3 Å². The number of hydroxylamine groups is 2.